The van der Waals surface area contributed by atoms with Gasteiger partial charge >= 0.3 is 0 Å². The number of nitrogens with one attached hydrogen (secondary N) is 1. The predicted molar refractivity (Wildman–Crippen MR) is 113 cm³/mol. The highest BCUT2D eigenvalue weighted by Crippen LogP contribution is 2.18. The average Bonchev–Trinajstić information content (AvgIpc) is 2.54. The maximum Gasteiger partial charge on any atom is 0.193 e. The van der Waals surface area contributed by atoms with Crippen molar-refractivity contribution in [2.75, 3.05) is 39.3 Å². The summed E-state index contributed by atoms with van der Waals surface area (Å²) in [4.78, 5) is 6.87. The maximum absolute atomic E-state index is 5.42. The van der Waals surface area contributed by atoms with E-state index >= 15 is 0 Å². The van der Waals surface area contributed by atoms with E-state index in [1.807, 2.05) is 30.0 Å². The van der Waals surface area contributed by atoms with Gasteiger partial charge in [-0.15, -0.1) is 24.0 Å². The van der Waals surface area contributed by atoms with E-state index in [1.54, 1.807) is 7.11 Å². The van der Waals surface area contributed by atoms with E-state index in [0.29, 0.717) is 0 Å². The Balaban J connectivity index is 0.00000484. The molecule has 1 aromatic carbocycles. The lowest BCUT2D eigenvalue weighted by Gasteiger charge is -2.23. The lowest BCUT2D eigenvalue weighted by Crippen LogP contribution is -2.38. The monoisotopic (exact) mass is 451 g/mol. The quantitative estimate of drug-likeness (QED) is 0.268. The average molecular weight is 451 g/mol. The molecule has 4 nitrogen and oxygen atoms in total. The zero-order valence-electron chi connectivity index (χ0n) is 14.7. The third-order valence-corrected chi connectivity index (χ3v) is 4.01. The van der Waals surface area contributed by atoms with Crippen LogP contribution in [0.3, 0.4) is 0 Å². The second kappa shape index (κ2) is 13.8. The van der Waals surface area contributed by atoms with Crippen molar-refractivity contribution in [1.29, 1.82) is 0 Å². The van der Waals surface area contributed by atoms with Crippen molar-refractivity contribution in [3.8, 4) is 5.75 Å². The molecule has 1 aromatic rings. The number of rotatable bonds is 9. The third kappa shape index (κ3) is 8.69. The summed E-state index contributed by atoms with van der Waals surface area (Å²) in [5.41, 5.74) is 1.17. The van der Waals surface area contributed by atoms with Gasteiger partial charge in [0, 0.05) is 32.2 Å². The Morgan fingerprint density at radius 2 is 2.04 bits per heavy atom. The molecular formula is C17H30IN3OS. The number of thioether (sulfide) groups is 1. The molecule has 23 heavy (non-hydrogen) atoms. The molecule has 0 saturated carbocycles. The second-order valence-corrected chi connectivity index (χ2v) is 6.09. The lowest BCUT2D eigenvalue weighted by molar-refractivity contribution is 0.396. The van der Waals surface area contributed by atoms with Crippen LogP contribution in [0.2, 0.25) is 0 Å². The summed E-state index contributed by atoms with van der Waals surface area (Å²) < 4.78 is 5.42. The van der Waals surface area contributed by atoms with E-state index in [-0.39, 0.29) is 24.0 Å². The van der Waals surface area contributed by atoms with Crippen molar-refractivity contribution < 1.29 is 4.74 Å². The number of guanidine groups is 1. The molecule has 0 bridgehead atoms. The van der Waals surface area contributed by atoms with Crippen LogP contribution < -0.4 is 10.1 Å². The van der Waals surface area contributed by atoms with Crippen LogP contribution in [0.15, 0.2) is 29.3 Å². The number of halogens is 1. The molecule has 132 valence electrons. The summed E-state index contributed by atoms with van der Waals surface area (Å²) in [7, 11) is 3.78. The van der Waals surface area contributed by atoms with Crippen LogP contribution >= 0.6 is 35.7 Å². The standard InChI is InChI=1S/C17H29N3OS.HI/c1-5-18-17(19-12-8-9-13-22-4)20(2)14-15-10-6-7-11-16(15)21-3;/h6-7,10-11H,5,8-9,12-14H2,1-4H3,(H,18,19);1H. The number of ether oxygens (including phenoxy) is 1. The fourth-order valence-electron chi connectivity index (χ4n) is 2.18. The number of hydrogen-bond acceptors (Lipinski definition) is 3. The van der Waals surface area contributed by atoms with Crippen molar-refractivity contribution in [2.45, 2.75) is 26.3 Å². The van der Waals surface area contributed by atoms with Crippen molar-refractivity contribution in [3.63, 3.8) is 0 Å². The number of benzene rings is 1. The van der Waals surface area contributed by atoms with Gasteiger partial charge in [0.25, 0.3) is 0 Å². The molecule has 0 aliphatic carbocycles. The van der Waals surface area contributed by atoms with Crippen LogP contribution in [0, 0.1) is 0 Å². The van der Waals surface area contributed by atoms with Gasteiger partial charge in [0.15, 0.2) is 5.96 Å². The fourth-order valence-corrected chi connectivity index (χ4v) is 2.67. The highest BCUT2D eigenvalue weighted by atomic mass is 127. The van der Waals surface area contributed by atoms with Gasteiger partial charge in [-0.3, -0.25) is 4.99 Å². The summed E-state index contributed by atoms with van der Waals surface area (Å²) in [5, 5.41) is 3.36. The van der Waals surface area contributed by atoms with E-state index in [0.717, 1.165) is 37.8 Å². The largest absolute Gasteiger partial charge is 0.496 e. The third-order valence-electron chi connectivity index (χ3n) is 3.31. The molecule has 1 rings (SSSR count). The minimum absolute atomic E-state index is 0. The van der Waals surface area contributed by atoms with E-state index < -0.39 is 0 Å². The lowest BCUT2D eigenvalue weighted by atomic mass is 10.2. The summed E-state index contributed by atoms with van der Waals surface area (Å²) >= 11 is 1.89. The number of unbranched alkanes of at least 4 members (excludes halogenated alkanes) is 1. The zero-order valence-corrected chi connectivity index (χ0v) is 17.8. The molecule has 0 amide bonds. The van der Waals surface area contributed by atoms with Crippen LogP contribution in [0.5, 0.6) is 5.75 Å². The van der Waals surface area contributed by atoms with Crippen molar-refractivity contribution in [1.82, 2.24) is 10.2 Å². The smallest absolute Gasteiger partial charge is 0.193 e. The summed E-state index contributed by atoms with van der Waals surface area (Å²) in [6, 6.07) is 8.12. The van der Waals surface area contributed by atoms with Gasteiger partial charge in [-0.25, -0.2) is 0 Å². The van der Waals surface area contributed by atoms with Crippen LogP contribution in [-0.4, -0.2) is 50.1 Å². The molecule has 0 saturated heterocycles. The highest BCUT2D eigenvalue weighted by Gasteiger charge is 2.09. The minimum Gasteiger partial charge on any atom is -0.496 e. The Labute approximate surface area is 162 Å². The van der Waals surface area contributed by atoms with Crippen LogP contribution in [0.1, 0.15) is 25.3 Å². The number of nitrogens with zero attached hydrogens (tertiary/aromatic N) is 2. The van der Waals surface area contributed by atoms with Gasteiger partial charge in [0.1, 0.15) is 5.75 Å². The molecule has 0 aliphatic rings. The number of para-hydroxylation sites is 1. The fraction of sp³-hybridized carbons (Fsp3) is 0.588. The molecule has 0 radical (unpaired) electrons. The Morgan fingerprint density at radius 1 is 1.30 bits per heavy atom. The molecule has 0 unspecified atom stereocenters. The molecule has 0 fully saturated rings. The Morgan fingerprint density at radius 3 is 2.70 bits per heavy atom. The first kappa shape index (κ1) is 22.4. The first-order valence-electron chi connectivity index (χ1n) is 7.83. The van der Waals surface area contributed by atoms with Crippen molar-refractivity contribution >= 4 is 41.7 Å². The molecular weight excluding hydrogens is 421 g/mol. The molecule has 0 spiro atoms. The minimum atomic E-state index is 0. The first-order chi connectivity index (χ1) is 10.7. The molecule has 1 N–H and O–H groups in total. The maximum atomic E-state index is 5.42. The molecule has 6 heteroatoms. The van der Waals surface area contributed by atoms with E-state index in [1.165, 1.54) is 17.7 Å². The number of aliphatic imine (C=N–C) groups is 1. The van der Waals surface area contributed by atoms with Gasteiger partial charge in [-0.1, -0.05) is 18.2 Å². The summed E-state index contributed by atoms with van der Waals surface area (Å²) in [5.74, 6) is 3.09. The van der Waals surface area contributed by atoms with Crippen molar-refractivity contribution in [2.24, 2.45) is 4.99 Å². The SMILES string of the molecule is CCNC(=NCCCCSC)N(C)Cc1ccccc1OC.I. The predicted octanol–water partition coefficient (Wildman–Crippen LogP) is 3.85. The Kier molecular flexibility index (Phi) is 13.4. The van der Waals surface area contributed by atoms with Gasteiger partial charge in [-0.05, 0) is 37.8 Å². The van der Waals surface area contributed by atoms with Crippen molar-refractivity contribution in [3.05, 3.63) is 29.8 Å². The number of methoxy groups -OCH3 is 1. The number of hydrogen-bond donors (Lipinski definition) is 1. The molecule has 0 aliphatic heterocycles. The topological polar surface area (TPSA) is 36.9 Å². The second-order valence-electron chi connectivity index (χ2n) is 5.10. The van der Waals surface area contributed by atoms with E-state index in [2.05, 4.69) is 36.5 Å². The zero-order chi connectivity index (χ0) is 16.2. The van der Waals surface area contributed by atoms with Crippen LogP contribution in [-0.2, 0) is 6.54 Å². The van der Waals surface area contributed by atoms with Gasteiger partial charge in [-0.2, -0.15) is 11.8 Å². The molecule has 0 aromatic heterocycles. The summed E-state index contributed by atoms with van der Waals surface area (Å²) in [6.45, 7) is 4.62. The Hall–Kier alpha value is -0.630. The van der Waals surface area contributed by atoms with Crippen LogP contribution in [0.4, 0.5) is 0 Å². The van der Waals surface area contributed by atoms with Gasteiger partial charge < -0.3 is 15.0 Å². The molecule has 0 heterocycles. The highest BCUT2D eigenvalue weighted by molar-refractivity contribution is 14.0. The first-order valence-corrected chi connectivity index (χ1v) is 9.22. The van der Waals surface area contributed by atoms with E-state index in [9.17, 15) is 0 Å². The summed E-state index contributed by atoms with van der Waals surface area (Å²) in [6.07, 6.45) is 4.51. The Bertz CT molecular complexity index is 457. The van der Waals surface area contributed by atoms with Gasteiger partial charge in [0.05, 0.1) is 7.11 Å². The normalized spacial score (nSPS) is 10.9. The molecule has 0 atom stereocenters. The van der Waals surface area contributed by atoms with Crippen LogP contribution in [0.25, 0.3) is 0 Å². The van der Waals surface area contributed by atoms with Gasteiger partial charge in [0.2, 0.25) is 0 Å². The van der Waals surface area contributed by atoms with E-state index in [4.69, 9.17) is 9.73 Å².